The van der Waals surface area contributed by atoms with Crippen LogP contribution in [0.3, 0.4) is 0 Å². The molecule has 1 saturated heterocycles. The molecule has 1 aromatic heterocycles. The molecule has 0 saturated carbocycles. The molecule has 6 heteroatoms. The molecular weight excluding hydrogens is 391 g/mol. The predicted molar refractivity (Wildman–Crippen MR) is 122 cm³/mol. The van der Waals surface area contributed by atoms with Crippen LogP contribution in [0.4, 0.5) is 10.1 Å². The van der Waals surface area contributed by atoms with Gasteiger partial charge in [-0.25, -0.2) is 4.39 Å². The summed E-state index contributed by atoms with van der Waals surface area (Å²) in [6.07, 6.45) is 3.02. The third-order valence-corrected chi connectivity index (χ3v) is 6.18. The number of rotatable bonds is 5. The number of nitrogens with zero attached hydrogens (tertiary/aromatic N) is 4. The number of halogens is 1. The summed E-state index contributed by atoms with van der Waals surface area (Å²) in [5.74, 6) is -0.0917. The fourth-order valence-electron chi connectivity index (χ4n) is 4.25. The number of hydrogen-bond donors (Lipinski definition) is 0. The summed E-state index contributed by atoms with van der Waals surface area (Å²) in [6, 6.07) is 12.7. The lowest BCUT2D eigenvalue weighted by atomic mass is 10.0. The molecule has 5 nitrogen and oxygen atoms in total. The molecule has 1 fully saturated rings. The van der Waals surface area contributed by atoms with Gasteiger partial charge in [0, 0.05) is 57.1 Å². The Morgan fingerprint density at radius 1 is 1.03 bits per heavy atom. The van der Waals surface area contributed by atoms with Crippen molar-refractivity contribution in [1.82, 2.24) is 14.7 Å². The second kappa shape index (κ2) is 8.92. The van der Waals surface area contributed by atoms with Crippen LogP contribution >= 0.6 is 0 Å². The summed E-state index contributed by atoms with van der Waals surface area (Å²) < 4.78 is 15.0. The Hall–Kier alpha value is -3.15. The minimum absolute atomic E-state index is 0.175. The maximum absolute atomic E-state index is 13.3. The molecule has 0 spiro atoms. The molecule has 1 aliphatic rings. The highest BCUT2D eigenvalue weighted by atomic mass is 19.1. The predicted octanol–water partition coefficient (Wildman–Crippen LogP) is 4.12. The summed E-state index contributed by atoms with van der Waals surface area (Å²) in [4.78, 5) is 17.2. The zero-order valence-electron chi connectivity index (χ0n) is 18.4. The van der Waals surface area contributed by atoms with Gasteiger partial charge in [0.15, 0.2) is 0 Å². The van der Waals surface area contributed by atoms with Crippen molar-refractivity contribution in [3.63, 3.8) is 0 Å². The Balaban J connectivity index is 1.36. The van der Waals surface area contributed by atoms with E-state index in [0.717, 1.165) is 43.0 Å². The van der Waals surface area contributed by atoms with Crippen LogP contribution in [0, 0.1) is 19.7 Å². The van der Waals surface area contributed by atoms with E-state index in [1.807, 2.05) is 18.1 Å². The summed E-state index contributed by atoms with van der Waals surface area (Å²) >= 11 is 0. The topological polar surface area (TPSA) is 41.4 Å². The van der Waals surface area contributed by atoms with Crippen molar-refractivity contribution in [2.45, 2.75) is 26.7 Å². The minimum atomic E-state index is -0.267. The lowest BCUT2D eigenvalue weighted by Crippen LogP contribution is -2.49. The number of carbonyl (C=O) groups is 1. The van der Waals surface area contributed by atoms with Crippen molar-refractivity contribution < 1.29 is 9.18 Å². The molecule has 2 aromatic carbocycles. The highest BCUT2D eigenvalue weighted by molar-refractivity contribution is 5.77. The average molecular weight is 421 g/mol. The molecule has 4 rings (SSSR count). The fourth-order valence-corrected chi connectivity index (χ4v) is 4.25. The second-order valence-corrected chi connectivity index (χ2v) is 8.27. The number of anilines is 1. The van der Waals surface area contributed by atoms with Crippen molar-refractivity contribution in [3.05, 3.63) is 71.2 Å². The van der Waals surface area contributed by atoms with Crippen molar-refractivity contribution >= 4 is 11.6 Å². The first kappa shape index (κ1) is 21.1. The number of benzene rings is 2. The van der Waals surface area contributed by atoms with E-state index in [0.29, 0.717) is 12.8 Å². The molecule has 31 heavy (non-hydrogen) atoms. The maximum atomic E-state index is 13.3. The van der Waals surface area contributed by atoms with E-state index in [-0.39, 0.29) is 11.7 Å². The van der Waals surface area contributed by atoms with Crippen LogP contribution < -0.4 is 4.90 Å². The first-order chi connectivity index (χ1) is 14.9. The lowest BCUT2D eigenvalue weighted by Gasteiger charge is -2.37. The van der Waals surface area contributed by atoms with Crippen LogP contribution in [-0.2, 0) is 18.3 Å². The molecule has 0 aliphatic carbocycles. The van der Waals surface area contributed by atoms with E-state index in [1.54, 1.807) is 16.8 Å². The van der Waals surface area contributed by atoms with Crippen LogP contribution in [0.5, 0.6) is 0 Å². The van der Waals surface area contributed by atoms with Crippen molar-refractivity contribution in [2.75, 3.05) is 31.1 Å². The van der Waals surface area contributed by atoms with Gasteiger partial charge in [0.25, 0.3) is 0 Å². The molecule has 1 amide bonds. The van der Waals surface area contributed by atoms with Crippen LogP contribution in [0.15, 0.2) is 48.7 Å². The summed E-state index contributed by atoms with van der Waals surface area (Å²) in [5.41, 5.74) is 6.57. The number of aryl methyl sites for hydroxylation is 3. The normalized spacial score (nSPS) is 14.2. The standard InChI is InChI=1S/C25H29FN4O/c1-18-5-4-6-23(19(18)2)29-13-15-30(16-14-29)24(31)12-9-21-17-28(3)27-25(21)20-7-10-22(26)11-8-20/h4-8,10-11,17H,9,12-16H2,1-3H3. The molecule has 2 heterocycles. The first-order valence-corrected chi connectivity index (χ1v) is 10.8. The molecule has 3 aromatic rings. The van der Waals surface area contributed by atoms with Gasteiger partial charge in [0.1, 0.15) is 5.82 Å². The van der Waals surface area contributed by atoms with E-state index >= 15 is 0 Å². The molecule has 1 aliphatic heterocycles. The van der Waals surface area contributed by atoms with Crippen LogP contribution in [-0.4, -0.2) is 46.8 Å². The molecule has 162 valence electrons. The van der Waals surface area contributed by atoms with Crippen LogP contribution in [0.2, 0.25) is 0 Å². The largest absolute Gasteiger partial charge is 0.368 e. The Bertz CT molecular complexity index is 1070. The summed E-state index contributed by atoms with van der Waals surface area (Å²) in [7, 11) is 1.87. The Kier molecular flexibility index (Phi) is 6.07. The quantitative estimate of drug-likeness (QED) is 0.623. The Labute approximate surface area is 183 Å². The number of carbonyl (C=O) groups excluding carboxylic acids is 1. The van der Waals surface area contributed by atoms with Gasteiger partial charge in [-0.3, -0.25) is 9.48 Å². The van der Waals surface area contributed by atoms with E-state index in [2.05, 4.69) is 42.0 Å². The second-order valence-electron chi connectivity index (χ2n) is 8.27. The fraction of sp³-hybridized carbons (Fsp3) is 0.360. The van der Waals surface area contributed by atoms with Gasteiger partial charge >= 0.3 is 0 Å². The number of piperazine rings is 1. The average Bonchev–Trinajstić information content (AvgIpc) is 3.15. The van der Waals surface area contributed by atoms with E-state index in [1.165, 1.54) is 28.9 Å². The van der Waals surface area contributed by atoms with Crippen molar-refractivity contribution in [3.8, 4) is 11.3 Å². The van der Waals surface area contributed by atoms with Gasteiger partial charge in [0.2, 0.25) is 5.91 Å². The molecule has 0 N–H and O–H groups in total. The highest BCUT2D eigenvalue weighted by Crippen LogP contribution is 2.25. The molecule has 0 bridgehead atoms. The van der Waals surface area contributed by atoms with Gasteiger partial charge in [0.05, 0.1) is 5.69 Å². The third kappa shape index (κ3) is 4.63. The first-order valence-electron chi connectivity index (χ1n) is 10.8. The maximum Gasteiger partial charge on any atom is 0.223 e. The zero-order valence-corrected chi connectivity index (χ0v) is 18.4. The van der Waals surface area contributed by atoms with Gasteiger partial charge in [-0.2, -0.15) is 5.10 Å². The highest BCUT2D eigenvalue weighted by Gasteiger charge is 2.23. The van der Waals surface area contributed by atoms with Gasteiger partial charge < -0.3 is 9.80 Å². The Morgan fingerprint density at radius 2 is 1.74 bits per heavy atom. The van der Waals surface area contributed by atoms with Crippen molar-refractivity contribution in [2.24, 2.45) is 7.05 Å². The summed E-state index contributed by atoms with van der Waals surface area (Å²) in [5, 5.41) is 4.52. The zero-order chi connectivity index (χ0) is 22.0. The molecule has 0 radical (unpaired) electrons. The number of amides is 1. The van der Waals surface area contributed by atoms with Gasteiger partial charge in [-0.15, -0.1) is 0 Å². The molecular formula is C25H29FN4O. The number of aromatic nitrogens is 2. The minimum Gasteiger partial charge on any atom is -0.368 e. The van der Waals surface area contributed by atoms with Crippen molar-refractivity contribution in [1.29, 1.82) is 0 Å². The van der Waals surface area contributed by atoms with Gasteiger partial charge in [-0.05, 0) is 67.3 Å². The molecule has 0 atom stereocenters. The van der Waals surface area contributed by atoms with E-state index in [9.17, 15) is 9.18 Å². The lowest BCUT2D eigenvalue weighted by molar-refractivity contribution is -0.131. The van der Waals surface area contributed by atoms with Gasteiger partial charge in [-0.1, -0.05) is 12.1 Å². The monoisotopic (exact) mass is 420 g/mol. The van der Waals surface area contributed by atoms with Crippen LogP contribution in [0.25, 0.3) is 11.3 Å². The smallest absolute Gasteiger partial charge is 0.223 e. The van der Waals surface area contributed by atoms with E-state index < -0.39 is 0 Å². The SMILES string of the molecule is Cc1cccc(N2CCN(C(=O)CCc3cn(C)nc3-c3ccc(F)cc3)CC2)c1C. The van der Waals surface area contributed by atoms with E-state index in [4.69, 9.17) is 0 Å². The summed E-state index contributed by atoms with van der Waals surface area (Å²) in [6.45, 7) is 7.48. The molecule has 0 unspecified atom stereocenters. The Morgan fingerprint density at radius 3 is 2.45 bits per heavy atom. The van der Waals surface area contributed by atoms with Crippen LogP contribution in [0.1, 0.15) is 23.1 Å². The third-order valence-electron chi connectivity index (χ3n) is 6.18. The number of hydrogen-bond acceptors (Lipinski definition) is 3.